The summed E-state index contributed by atoms with van der Waals surface area (Å²) in [5, 5.41) is 0. The van der Waals surface area contributed by atoms with Crippen LogP contribution < -0.4 is 0 Å². The lowest BCUT2D eigenvalue weighted by Gasteiger charge is -1.98. The van der Waals surface area contributed by atoms with Crippen LogP contribution in [0.15, 0.2) is 4.99 Å². The van der Waals surface area contributed by atoms with E-state index in [9.17, 15) is 0 Å². The quantitative estimate of drug-likeness (QED) is 0.411. The molecule has 0 atom stereocenters. The Morgan fingerprint density at radius 2 is 1.82 bits per heavy atom. The average molecular weight is 155 g/mol. The summed E-state index contributed by atoms with van der Waals surface area (Å²) in [7, 11) is 0. The van der Waals surface area contributed by atoms with Crippen LogP contribution in [0.2, 0.25) is 0 Å². The van der Waals surface area contributed by atoms with Crippen LogP contribution in [-0.4, -0.2) is 12.3 Å². The molecule has 0 saturated heterocycles. The Morgan fingerprint density at radius 1 is 1.09 bits per heavy atom. The fraction of sp³-hybridized carbons (Fsp3) is 0.900. The highest BCUT2D eigenvalue weighted by molar-refractivity contribution is 5.81. The fourth-order valence-electron chi connectivity index (χ4n) is 1.01. The second-order valence-corrected chi connectivity index (χ2v) is 3.07. The monoisotopic (exact) mass is 155 g/mol. The van der Waals surface area contributed by atoms with E-state index in [4.69, 9.17) is 0 Å². The van der Waals surface area contributed by atoms with E-state index in [0.29, 0.717) is 0 Å². The van der Waals surface area contributed by atoms with E-state index in [2.05, 4.69) is 25.8 Å². The molecule has 0 spiro atoms. The van der Waals surface area contributed by atoms with Gasteiger partial charge in [0, 0.05) is 12.3 Å². The maximum Gasteiger partial charge on any atom is 0.0385 e. The van der Waals surface area contributed by atoms with Crippen LogP contribution in [0.5, 0.6) is 0 Å². The van der Waals surface area contributed by atoms with E-state index in [-0.39, 0.29) is 0 Å². The number of aliphatic imine (C=N–C) groups is 1. The standard InChI is InChI=1S/C10H21N/c1-4-6-7-8-10(3)11-9-5-2/h4-9H2,1-3H3/b11-10-. The minimum Gasteiger partial charge on any atom is -0.294 e. The van der Waals surface area contributed by atoms with Gasteiger partial charge in [0.05, 0.1) is 0 Å². The summed E-state index contributed by atoms with van der Waals surface area (Å²) in [5.41, 5.74) is 1.33. The molecule has 0 N–H and O–H groups in total. The third-order valence-corrected chi connectivity index (χ3v) is 1.75. The first-order valence-electron chi connectivity index (χ1n) is 4.81. The highest BCUT2D eigenvalue weighted by atomic mass is 14.7. The van der Waals surface area contributed by atoms with Crippen LogP contribution in [0.3, 0.4) is 0 Å². The lowest BCUT2D eigenvalue weighted by atomic mass is 10.1. The topological polar surface area (TPSA) is 12.4 Å². The SMILES string of the molecule is CCCCC/C(C)=N\CCC. The number of hydrogen-bond donors (Lipinski definition) is 0. The number of nitrogens with zero attached hydrogens (tertiary/aromatic N) is 1. The predicted molar refractivity (Wildman–Crippen MR) is 52.4 cm³/mol. The molecule has 0 radical (unpaired) electrons. The molecule has 0 aromatic heterocycles. The molecule has 0 fully saturated rings. The first kappa shape index (κ1) is 10.7. The van der Waals surface area contributed by atoms with E-state index in [1.165, 1.54) is 37.8 Å². The molecule has 0 bridgehead atoms. The zero-order valence-electron chi connectivity index (χ0n) is 8.19. The third kappa shape index (κ3) is 7.57. The van der Waals surface area contributed by atoms with Gasteiger partial charge in [0.15, 0.2) is 0 Å². The van der Waals surface area contributed by atoms with Gasteiger partial charge in [0.1, 0.15) is 0 Å². The summed E-state index contributed by atoms with van der Waals surface area (Å²) in [6.07, 6.45) is 6.34. The van der Waals surface area contributed by atoms with Crippen molar-refractivity contribution in [3.05, 3.63) is 0 Å². The highest BCUT2D eigenvalue weighted by Crippen LogP contribution is 2.00. The van der Waals surface area contributed by atoms with Gasteiger partial charge >= 0.3 is 0 Å². The second kappa shape index (κ2) is 7.77. The van der Waals surface area contributed by atoms with Crippen molar-refractivity contribution in [2.45, 2.75) is 52.9 Å². The molecule has 0 amide bonds. The summed E-state index contributed by atoms with van der Waals surface area (Å²) in [5.74, 6) is 0. The molecule has 1 heteroatoms. The summed E-state index contributed by atoms with van der Waals surface area (Å²) in [4.78, 5) is 4.43. The molecule has 0 unspecified atom stereocenters. The Hall–Kier alpha value is -0.330. The summed E-state index contributed by atoms with van der Waals surface area (Å²) < 4.78 is 0. The first-order valence-corrected chi connectivity index (χ1v) is 4.81. The Bertz CT molecular complexity index is 105. The van der Waals surface area contributed by atoms with Crippen molar-refractivity contribution in [2.75, 3.05) is 6.54 Å². The van der Waals surface area contributed by atoms with Crippen molar-refractivity contribution in [1.29, 1.82) is 0 Å². The van der Waals surface area contributed by atoms with Crippen LogP contribution in [0.1, 0.15) is 52.9 Å². The first-order chi connectivity index (χ1) is 5.31. The maximum absolute atomic E-state index is 4.43. The predicted octanol–water partition coefficient (Wildman–Crippen LogP) is 3.44. The van der Waals surface area contributed by atoms with Crippen molar-refractivity contribution < 1.29 is 0 Å². The lowest BCUT2D eigenvalue weighted by molar-refractivity contribution is 0.738. The Kier molecular flexibility index (Phi) is 7.54. The van der Waals surface area contributed by atoms with Gasteiger partial charge in [-0.25, -0.2) is 0 Å². The van der Waals surface area contributed by atoms with E-state index in [1.54, 1.807) is 0 Å². The Morgan fingerprint density at radius 3 is 2.36 bits per heavy atom. The largest absolute Gasteiger partial charge is 0.294 e. The van der Waals surface area contributed by atoms with Crippen molar-refractivity contribution in [3.8, 4) is 0 Å². The Labute approximate surface area is 70.9 Å². The molecule has 66 valence electrons. The molecular weight excluding hydrogens is 134 g/mol. The van der Waals surface area contributed by atoms with Crippen LogP contribution in [0.25, 0.3) is 0 Å². The Balaban J connectivity index is 3.27. The normalized spacial score (nSPS) is 12.1. The highest BCUT2D eigenvalue weighted by Gasteiger charge is 1.90. The molecule has 1 nitrogen and oxygen atoms in total. The number of rotatable bonds is 6. The minimum absolute atomic E-state index is 1.01. The molecule has 0 aromatic carbocycles. The molecule has 0 aliphatic heterocycles. The number of unbranched alkanes of at least 4 members (excludes halogenated alkanes) is 2. The molecule has 0 aliphatic carbocycles. The van der Waals surface area contributed by atoms with Crippen LogP contribution in [-0.2, 0) is 0 Å². The van der Waals surface area contributed by atoms with Crippen molar-refractivity contribution >= 4 is 5.71 Å². The van der Waals surface area contributed by atoms with Gasteiger partial charge in [0.2, 0.25) is 0 Å². The maximum atomic E-state index is 4.43. The summed E-state index contributed by atoms with van der Waals surface area (Å²) in [6.45, 7) is 7.56. The molecule has 0 rings (SSSR count). The second-order valence-electron chi connectivity index (χ2n) is 3.07. The number of hydrogen-bond acceptors (Lipinski definition) is 1. The van der Waals surface area contributed by atoms with Gasteiger partial charge in [-0.15, -0.1) is 0 Å². The molecule has 0 aromatic rings. The van der Waals surface area contributed by atoms with Crippen LogP contribution in [0, 0.1) is 0 Å². The zero-order valence-corrected chi connectivity index (χ0v) is 8.19. The van der Waals surface area contributed by atoms with E-state index < -0.39 is 0 Å². The summed E-state index contributed by atoms with van der Waals surface area (Å²) >= 11 is 0. The average Bonchev–Trinajstić information content (AvgIpc) is 2.01. The van der Waals surface area contributed by atoms with Crippen molar-refractivity contribution in [2.24, 2.45) is 4.99 Å². The van der Waals surface area contributed by atoms with Gasteiger partial charge in [0.25, 0.3) is 0 Å². The molecule has 0 saturated carbocycles. The summed E-state index contributed by atoms with van der Waals surface area (Å²) in [6, 6.07) is 0. The van der Waals surface area contributed by atoms with Gasteiger partial charge in [-0.1, -0.05) is 26.7 Å². The van der Waals surface area contributed by atoms with Gasteiger partial charge < -0.3 is 0 Å². The fourth-order valence-corrected chi connectivity index (χ4v) is 1.01. The van der Waals surface area contributed by atoms with Crippen LogP contribution in [0.4, 0.5) is 0 Å². The lowest BCUT2D eigenvalue weighted by Crippen LogP contribution is -1.92. The van der Waals surface area contributed by atoms with Gasteiger partial charge in [-0.05, 0) is 26.2 Å². The van der Waals surface area contributed by atoms with Crippen molar-refractivity contribution in [1.82, 2.24) is 0 Å². The van der Waals surface area contributed by atoms with Gasteiger partial charge in [-0.3, -0.25) is 4.99 Å². The minimum atomic E-state index is 1.01. The van der Waals surface area contributed by atoms with E-state index in [1.807, 2.05) is 0 Å². The molecule has 11 heavy (non-hydrogen) atoms. The van der Waals surface area contributed by atoms with E-state index in [0.717, 1.165) is 6.54 Å². The molecular formula is C10H21N. The third-order valence-electron chi connectivity index (χ3n) is 1.75. The van der Waals surface area contributed by atoms with Crippen molar-refractivity contribution in [3.63, 3.8) is 0 Å². The molecule has 0 aliphatic rings. The zero-order chi connectivity index (χ0) is 8.53. The van der Waals surface area contributed by atoms with Crippen LogP contribution >= 0.6 is 0 Å². The molecule has 0 heterocycles. The van der Waals surface area contributed by atoms with E-state index >= 15 is 0 Å². The van der Waals surface area contributed by atoms with Gasteiger partial charge in [-0.2, -0.15) is 0 Å². The smallest absolute Gasteiger partial charge is 0.0385 e.